The first kappa shape index (κ1) is 20.2. The van der Waals surface area contributed by atoms with Crippen molar-refractivity contribution in [3.05, 3.63) is 65.2 Å². The zero-order chi connectivity index (χ0) is 19.7. The van der Waals surface area contributed by atoms with Gasteiger partial charge in [0.2, 0.25) is 0 Å². The highest BCUT2D eigenvalue weighted by Gasteiger charge is 2.49. The molecule has 27 heavy (non-hydrogen) atoms. The van der Waals surface area contributed by atoms with E-state index in [1.54, 1.807) is 0 Å². The summed E-state index contributed by atoms with van der Waals surface area (Å²) in [4.78, 5) is 0.0260. The quantitative estimate of drug-likeness (QED) is 0.431. The van der Waals surface area contributed by atoms with E-state index in [0.717, 1.165) is 22.6 Å². The van der Waals surface area contributed by atoms with Crippen LogP contribution >= 0.6 is 22.6 Å². The fourth-order valence-corrected chi connectivity index (χ4v) is 6.81. The number of alkyl halides is 1. The molecular formula is C20H18F2INO2S. The van der Waals surface area contributed by atoms with Crippen LogP contribution in [0.5, 0.6) is 0 Å². The van der Waals surface area contributed by atoms with E-state index in [1.807, 2.05) is 6.07 Å². The molecule has 1 aliphatic rings. The molecule has 7 heteroatoms. The SMILES string of the molecule is N#Cc1ccc(S(=O)(=O)C2(c3cc(F)ccc3F)CCC(CI)CC2)cc1. The summed E-state index contributed by atoms with van der Waals surface area (Å²) in [5, 5.41) is 8.94. The van der Waals surface area contributed by atoms with E-state index in [9.17, 15) is 17.2 Å². The average Bonchev–Trinajstić information content (AvgIpc) is 2.69. The van der Waals surface area contributed by atoms with Gasteiger partial charge in [-0.2, -0.15) is 5.26 Å². The highest BCUT2D eigenvalue weighted by molar-refractivity contribution is 14.1. The van der Waals surface area contributed by atoms with E-state index in [0.29, 0.717) is 24.3 Å². The zero-order valence-electron chi connectivity index (χ0n) is 14.5. The van der Waals surface area contributed by atoms with E-state index in [4.69, 9.17) is 5.26 Å². The molecule has 0 spiro atoms. The molecule has 3 nitrogen and oxygen atoms in total. The molecule has 0 amide bonds. The van der Waals surface area contributed by atoms with Crippen LogP contribution in [0.3, 0.4) is 0 Å². The Balaban J connectivity index is 2.17. The predicted molar refractivity (Wildman–Crippen MR) is 107 cm³/mol. The number of nitrogens with zero attached hydrogens (tertiary/aromatic N) is 1. The van der Waals surface area contributed by atoms with Crippen LogP contribution in [0.2, 0.25) is 0 Å². The number of nitriles is 1. The van der Waals surface area contributed by atoms with Crippen LogP contribution in [0.1, 0.15) is 36.8 Å². The van der Waals surface area contributed by atoms with Crippen molar-refractivity contribution in [1.82, 2.24) is 0 Å². The minimum absolute atomic E-state index is 0.0260. The number of benzene rings is 2. The fraction of sp³-hybridized carbons (Fsp3) is 0.350. The number of halogens is 3. The lowest BCUT2D eigenvalue weighted by Gasteiger charge is -2.40. The Kier molecular flexibility index (Phi) is 5.87. The molecule has 1 saturated carbocycles. The third-order valence-corrected chi connectivity index (χ3v) is 9.15. The van der Waals surface area contributed by atoms with Crippen LogP contribution in [0.4, 0.5) is 8.78 Å². The van der Waals surface area contributed by atoms with Crippen LogP contribution < -0.4 is 0 Å². The first-order valence-corrected chi connectivity index (χ1v) is 11.6. The molecular weight excluding hydrogens is 483 g/mol. The minimum atomic E-state index is -3.99. The van der Waals surface area contributed by atoms with Crippen molar-refractivity contribution in [2.24, 2.45) is 5.92 Å². The molecule has 2 aromatic rings. The van der Waals surface area contributed by atoms with Crippen molar-refractivity contribution >= 4 is 32.4 Å². The maximum atomic E-state index is 14.7. The summed E-state index contributed by atoms with van der Waals surface area (Å²) in [5.74, 6) is -0.995. The molecule has 0 heterocycles. The van der Waals surface area contributed by atoms with Gasteiger partial charge in [0.1, 0.15) is 16.4 Å². The van der Waals surface area contributed by atoms with Gasteiger partial charge in [-0.25, -0.2) is 17.2 Å². The van der Waals surface area contributed by atoms with E-state index < -0.39 is 26.2 Å². The Morgan fingerprint density at radius 3 is 2.30 bits per heavy atom. The molecule has 0 aromatic heterocycles. The van der Waals surface area contributed by atoms with Crippen molar-refractivity contribution in [1.29, 1.82) is 5.26 Å². The highest BCUT2D eigenvalue weighted by atomic mass is 127. The van der Waals surface area contributed by atoms with Crippen LogP contribution in [0, 0.1) is 28.9 Å². The maximum absolute atomic E-state index is 14.7. The highest BCUT2D eigenvalue weighted by Crippen LogP contribution is 2.49. The molecule has 1 fully saturated rings. The van der Waals surface area contributed by atoms with Gasteiger partial charge in [0.15, 0.2) is 9.84 Å². The summed E-state index contributed by atoms with van der Waals surface area (Å²) >= 11 is 2.27. The molecule has 0 aliphatic heterocycles. The maximum Gasteiger partial charge on any atom is 0.188 e. The number of sulfone groups is 1. The second-order valence-corrected chi connectivity index (χ2v) is 10.00. The van der Waals surface area contributed by atoms with Gasteiger partial charge in [-0.3, -0.25) is 0 Å². The Morgan fingerprint density at radius 2 is 1.74 bits per heavy atom. The lowest BCUT2D eigenvalue weighted by Crippen LogP contribution is -2.41. The topological polar surface area (TPSA) is 57.9 Å². The van der Waals surface area contributed by atoms with Gasteiger partial charge in [-0.15, -0.1) is 0 Å². The summed E-state index contributed by atoms with van der Waals surface area (Å²) in [7, 11) is -3.99. The summed E-state index contributed by atoms with van der Waals surface area (Å²) in [6.07, 6.45) is 1.75. The molecule has 0 N–H and O–H groups in total. The number of hydrogen-bond acceptors (Lipinski definition) is 3. The molecule has 1 aliphatic carbocycles. The third kappa shape index (κ3) is 3.61. The fourth-order valence-electron chi connectivity index (χ4n) is 3.76. The monoisotopic (exact) mass is 501 g/mol. The predicted octanol–water partition coefficient (Wildman–Crippen LogP) is 5.13. The second kappa shape index (κ2) is 7.84. The molecule has 0 radical (unpaired) electrons. The molecule has 0 atom stereocenters. The van der Waals surface area contributed by atoms with Crippen molar-refractivity contribution in [3.63, 3.8) is 0 Å². The van der Waals surface area contributed by atoms with Crippen LogP contribution in [-0.2, 0) is 14.6 Å². The number of hydrogen-bond donors (Lipinski definition) is 0. The van der Waals surface area contributed by atoms with Crippen molar-refractivity contribution < 1.29 is 17.2 Å². The van der Waals surface area contributed by atoms with E-state index in [2.05, 4.69) is 22.6 Å². The summed E-state index contributed by atoms with van der Waals surface area (Å²) in [6.45, 7) is 0. The Labute approximate surface area is 171 Å². The molecule has 142 valence electrons. The van der Waals surface area contributed by atoms with E-state index in [1.165, 1.54) is 24.3 Å². The smallest absolute Gasteiger partial charge is 0.188 e. The van der Waals surface area contributed by atoms with Gasteiger partial charge in [-0.05, 0) is 74.1 Å². The minimum Gasteiger partial charge on any atom is -0.223 e. The lowest BCUT2D eigenvalue weighted by atomic mass is 9.78. The molecule has 2 aromatic carbocycles. The number of rotatable bonds is 4. The van der Waals surface area contributed by atoms with E-state index >= 15 is 0 Å². The normalized spacial score (nSPS) is 23.0. The van der Waals surface area contributed by atoms with Crippen molar-refractivity contribution in [2.75, 3.05) is 4.43 Å². The van der Waals surface area contributed by atoms with Gasteiger partial charge < -0.3 is 0 Å². The Hall–Kier alpha value is -1.53. The van der Waals surface area contributed by atoms with Gasteiger partial charge in [-0.1, -0.05) is 22.6 Å². The zero-order valence-corrected chi connectivity index (χ0v) is 17.4. The standard InChI is InChI=1S/C20H18F2INO2S/c21-16-3-6-19(22)18(11-16)20(9-7-14(12-23)8-10-20)27(25,26)17-4-1-15(13-24)2-5-17/h1-6,11,14H,7-10,12H2. The third-order valence-electron chi connectivity index (χ3n) is 5.36. The summed E-state index contributed by atoms with van der Waals surface area (Å²) in [6, 6.07) is 10.6. The van der Waals surface area contributed by atoms with E-state index in [-0.39, 0.29) is 23.3 Å². The van der Waals surface area contributed by atoms with Crippen molar-refractivity contribution in [2.45, 2.75) is 35.3 Å². The lowest BCUT2D eigenvalue weighted by molar-refractivity contribution is 0.308. The Morgan fingerprint density at radius 1 is 1.11 bits per heavy atom. The largest absolute Gasteiger partial charge is 0.223 e. The van der Waals surface area contributed by atoms with Crippen LogP contribution in [0.25, 0.3) is 0 Å². The van der Waals surface area contributed by atoms with Crippen LogP contribution in [-0.4, -0.2) is 12.8 Å². The molecule has 0 unspecified atom stereocenters. The van der Waals surface area contributed by atoms with Gasteiger partial charge in [0, 0.05) is 9.99 Å². The summed E-state index contributed by atoms with van der Waals surface area (Å²) in [5.41, 5.74) is 0.243. The van der Waals surface area contributed by atoms with Crippen LogP contribution in [0.15, 0.2) is 47.4 Å². The average molecular weight is 501 g/mol. The Bertz CT molecular complexity index is 976. The first-order valence-electron chi connectivity index (χ1n) is 8.60. The van der Waals surface area contributed by atoms with Crippen molar-refractivity contribution in [3.8, 4) is 6.07 Å². The molecule has 0 bridgehead atoms. The molecule has 3 rings (SSSR count). The summed E-state index contributed by atoms with van der Waals surface area (Å²) < 4.78 is 55.2. The van der Waals surface area contributed by atoms with Gasteiger partial charge >= 0.3 is 0 Å². The van der Waals surface area contributed by atoms with Gasteiger partial charge in [0.25, 0.3) is 0 Å². The molecule has 0 saturated heterocycles. The van der Waals surface area contributed by atoms with Gasteiger partial charge in [0.05, 0.1) is 16.5 Å². The second-order valence-electron chi connectivity index (χ2n) is 6.86. The first-order chi connectivity index (χ1) is 12.8.